The Kier molecular flexibility index (Phi) is 2.65. The first-order chi connectivity index (χ1) is 7.93. The van der Waals surface area contributed by atoms with Crippen LogP contribution in [-0.4, -0.2) is 32.5 Å². The quantitative estimate of drug-likeness (QED) is 0.735. The average Bonchev–Trinajstić information content (AvgIpc) is 2.97. The summed E-state index contributed by atoms with van der Waals surface area (Å²) in [6.45, 7) is 0.676. The first kappa shape index (κ1) is 9.89. The standard InChI is InChI=1S/C9H7N5SSe/c1-2-7(9-8(3-1)12-16-13-9)10-4-6-5-15-14-11-6/h1-3,5,10H,4H2. The Labute approximate surface area is 102 Å². The first-order valence-corrected chi connectivity index (χ1v) is 7.01. The Morgan fingerprint density at radius 1 is 1.31 bits per heavy atom. The van der Waals surface area contributed by atoms with Crippen LogP contribution in [0.5, 0.6) is 0 Å². The van der Waals surface area contributed by atoms with Crippen molar-refractivity contribution < 1.29 is 0 Å². The van der Waals surface area contributed by atoms with Crippen molar-refractivity contribution in [3.63, 3.8) is 0 Å². The van der Waals surface area contributed by atoms with E-state index in [1.807, 2.05) is 23.6 Å². The van der Waals surface area contributed by atoms with E-state index in [0.29, 0.717) is 6.54 Å². The van der Waals surface area contributed by atoms with Crippen molar-refractivity contribution in [2.75, 3.05) is 5.32 Å². The molecule has 3 rings (SSSR count). The van der Waals surface area contributed by atoms with Gasteiger partial charge in [0.15, 0.2) is 0 Å². The molecule has 80 valence electrons. The number of rotatable bonds is 3. The number of fused-ring (bicyclic) bond motifs is 1. The SMILES string of the molecule is c1cc(NCc2csnn2)c2n[se]nc2c1. The zero-order valence-corrected chi connectivity index (χ0v) is 10.7. The van der Waals surface area contributed by atoms with Crippen LogP contribution in [0.2, 0.25) is 0 Å². The van der Waals surface area contributed by atoms with Gasteiger partial charge in [-0.25, -0.2) is 0 Å². The van der Waals surface area contributed by atoms with Gasteiger partial charge in [0, 0.05) is 0 Å². The molecule has 0 atom stereocenters. The van der Waals surface area contributed by atoms with Gasteiger partial charge in [0.05, 0.1) is 0 Å². The molecule has 0 saturated heterocycles. The third-order valence-corrected chi connectivity index (χ3v) is 3.84. The molecule has 0 saturated carbocycles. The van der Waals surface area contributed by atoms with E-state index in [1.165, 1.54) is 11.5 Å². The van der Waals surface area contributed by atoms with E-state index in [2.05, 4.69) is 22.9 Å². The first-order valence-electron chi connectivity index (χ1n) is 4.64. The van der Waals surface area contributed by atoms with Crippen LogP contribution in [0.1, 0.15) is 5.69 Å². The molecule has 3 aromatic rings. The predicted octanol–water partition coefficient (Wildman–Crippen LogP) is 1.15. The zero-order valence-electron chi connectivity index (χ0n) is 8.12. The van der Waals surface area contributed by atoms with Crippen molar-refractivity contribution in [2.24, 2.45) is 0 Å². The fourth-order valence-corrected chi connectivity index (χ4v) is 3.00. The second-order valence-electron chi connectivity index (χ2n) is 3.19. The van der Waals surface area contributed by atoms with Crippen molar-refractivity contribution in [3.8, 4) is 0 Å². The third-order valence-electron chi connectivity index (χ3n) is 2.15. The van der Waals surface area contributed by atoms with Gasteiger partial charge >= 0.3 is 102 Å². The Hall–Kier alpha value is -1.30. The fraction of sp³-hybridized carbons (Fsp3) is 0.111. The molecule has 2 aromatic heterocycles. The molecule has 0 fully saturated rings. The number of nitrogens with one attached hydrogen (secondary N) is 1. The molecule has 7 heteroatoms. The minimum atomic E-state index is 0.0162. The maximum atomic E-state index is 4.40. The van der Waals surface area contributed by atoms with E-state index in [1.54, 1.807) is 0 Å². The second kappa shape index (κ2) is 4.29. The maximum absolute atomic E-state index is 4.40. The number of hydrogen-bond acceptors (Lipinski definition) is 6. The van der Waals surface area contributed by atoms with E-state index in [-0.39, 0.29) is 15.0 Å². The Bertz CT molecular complexity index is 591. The van der Waals surface area contributed by atoms with Crippen LogP contribution in [0, 0.1) is 0 Å². The normalized spacial score (nSPS) is 10.8. The molecule has 0 spiro atoms. The van der Waals surface area contributed by atoms with Gasteiger partial charge in [-0.05, 0) is 0 Å². The number of anilines is 1. The van der Waals surface area contributed by atoms with E-state index in [4.69, 9.17) is 0 Å². The van der Waals surface area contributed by atoms with E-state index in [0.717, 1.165) is 22.4 Å². The number of nitrogens with zero attached hydrogens (tertiary/aromatic N) is 4. The minimum absolute atomic E-state index is 0.0162. The molecule has 1 aromatic carbocycles. The van der Waals surface area contributed by atoms with Gasteiger partial charge in [-0.15, -0.1) is 0 Å². The summed E-state index contributed by atoms with van der Waals surface area (Å²) >= 11 is 1.38. The van der Waals surface area contributed by atoms with Gasteiger partial charge in [-0.3, -0.25) is 0 Å². The average molecular weight is 296 g/mol. The van der Waals surface area contributed by atoms with Crippen LogP contribution >= 0.6 is 11.5 Å². The summed E-state index contributed by atoms with van der Waals surface area (Å²) in [6.07, 6.45) is 0. The molecule has 0 aliphatic rings. The summed E-state index contributed by atoms with van der Waals surface area (Å²) in [5.74, 6) is 0. The van der Waals surface area contributed by atoms with Crippen LogP contribution in [0.15, 0.2) is 23.6 Å². The number of hydrogen-bond donors (Lipinski definition) is 1. The van der Waals surface area contributed by atoms with Gasteiger partial charge in [0.25, 0.3) is 0 Å². The zero-order chi connectivity index (χ0) is 10.8. The van der Waals surface area contributed by atoms with Crippen LogP contribution in [0.3, 0.4) is 0 Å². The molecule has 5 nitrogen and oxygen atoms in total. The summed E-state index contributed by atoms with van der Waals surface area (Å²) < 4.78 is 12.6. The molecule has 0 unspecified atom stereocenters. The van der Waals surface area contributed by atoms with Crippen LogP contribution < -0.4 is 5.32 Å². The predicted molar refractivity (Wildman–Crippen MR) is 63.7 cm³/mol. The molecule has 0 amide bonds. The molecule has 0 aliphatic carbocycles. The van der Waals surface area contributed by atoms with Gasteiger partial charge in [0.1, 0.15) is 0 Å². The summed E-state index contributed by atoms with van der Waals surface area (Å²) in [4.78, 5) is 0. The summed E-state index contributed by atoms with van der Waals surface area (Å²) in [5, 5.41) is 9.22. The molecule has 16 heavy (non-hydrogen) atoms. The molecular weight excluding hydrogens is 289 g/mol. The van der Waals surface area contributed by atoms with E-state index < -0.39 is 0 Å². The molecule has 0 radical (unpaired) electrons. The van der Waals surface area contributed by atoms with Gasteiger partial charge < -0.3 is 0 Å². The number of aromatic nitrogens is 4. The molecule has 0 aliphatic heterocycles. The Morgan fingerprint density at radius 2 is 2.31 bits per heavy atom. The fourth-order valence-electron chi connectivity index (χ4n) is 1.40. The van der Waals surface area contributed by atoms with Crippen molar-refractivity contribution in [3.05, 3.63) is 29.3 Å². The summed E-state index contributed by atoms with van der Waals surface area (Å²) in [5.41, 5.74) is 3.93. The van der Waals surface area contributed by atoms with E-state index in [9.17, 15) is 0 Å². The van der Waals surface area contributed by atoms with Gasteiger partial charge in [0.2, 0.25) is 0 Å². The van der Waals surface area contributed by atoms with Crippen LogP contribution in [0.4, 0.5) is 5.69 Å². The van der Waals surface area contributed by atoms with Crippen molar-refractivity contribution in [1.82, 2.24) is 17.5 Å². The molecular formula is C9H7N5SSe. The van der Waals surface area contributed by atoms with Crippen molar-refractivity contribution in [2.45, 2.75) is 6.54 Å². The number of benzene rings is 1. The topological polar surface area (TPSA) is 63.6 Å². The van der Waals surface area contributed by atoms with Gasteiger partial charge in [-0.1, -0.05) is 0 Å². The van der Waals surface area contributed by atoms with Crippen LogP contribution in [0.25, 0.3) is 11.0 Å². The molecule has 1 N–H and O–H groups in total. The molecule has 2 heterocycles. The third kappa shape index (κ3) is 1.84. The Balaban J connectivity index is 1.86. The monoisotopic (exact) mass is 297 g/mol. The summed E-state index contributed by atoms with van der Waals surface area (Å²) in [7, 11) is 0. The van der Waals surface area contributed by atoms with Crippen molar-refractivity contribution >= 4 is 43.2 Å². The summed E-state index contributed by atoms with van der Waals surface area (Å²) in [6, 6.07) is 5.99. The Morgan fingerprint density at radius 3 is 3.19 bits per heavy atom. The molecule has 0 bridgehead atoms. The second-order valence-corrected chi connectivity index (χ2v) is 4.91. The van der Waals surface area contributed by atoms with E-state index >= 15 is 0 Å². The van der Waals surface area contributed by atoms with Crippen molar-refractivity contribution in [1.29, 1.82) is 0 Å². The van der Waals surface area contributed by atoms with Crippen LogP contribution in [-0.2, 0) is 6.54 Å². The van der Waals surface area contributed by atoms with Gasteiger partial charge in [-0.2, -0.15) is 0 Å².